The van der Waals surface area contributed by atoms with Crippen LogP contribution in [0.3, 0.4) is 0 Å². The zero-order valence-corrected chi connectivity index (χ0v) is 33.9. The molecule has 0 saturated carbocycles. The van der Waals surface area contributed by atoms with Gasteiger partial charge in [-0.25, -0.2) is 4.98 Å². The number of para-hydroxylation sites is 4. The highest BCUT2D eigenvalue weighted by atomic mass is 16.3. The first-order valence-electron chi connectivity index (χ1n) is 21.2. The standard InChI is InChI=1S/C57H35N5O/c1-4-17-36(18-5-1)40-32-34-49-53(44-25-11-14-28-47(44)62(49)57-59-55(37-19-6-2-7-20-37)58-56(60-57)38-21-8-3-9-22-38)52(40)39-31-33-48-45(35-39)41-23-10-13-27-46(41)61(48)50-29-16-26-43-42-24-12-15-30-51(42)63-54(43)50/h1-35H. The van der Waals surface area contributed by atoms with Gasteiger partial charge in [-0.05, 0) is 64.7 Å². The number of nitrogens with zero attached hydrogens (tertiary/aromatic N) is 5. The molecule has 0 aliphatic carbocycles. The Morgan fingerprint density at radius 1 is 0.349 bits per heavy atom. The number of hydrogen-bond donors (Lipinski definition) is 0. The SMILES string of the molecule is c1ccc(-c2nc(-c3ccccc3)nc(-n3c4ccccc4c4c(-c5ccc6c(c5)c5ccccc5n6-c5cccc6c5oc5ccccc56)c(-c5ccccc5)ccc43)n2)cc1. The lowest BCUT2D eigenvalue weighted by Gasteiger charge is -2.15. The molecule has 0 bridgehead atoms. The smallest absolute Gasteiger partial charge is 0.238 e. The fourth-order valence-corrected chi connectivity index (χ4v) is 9.63. The molecule has 0 aliphatic heterocycles. The van der Waals surface area contributed by atoms with Gasteiger partial charge in [0.2, 0.25) is 5.95 Å². The predicted molar refractivity (Wildman–Crippen MR) is 258 cm³/mol. The van der Waals surface area contributed by atoms with E-state index in [1.165, 1.54) is 5.39 Å². The van der Waals surface area contributed by atoms with E-state index in [1.54, 1.807) is 0 Å². The number of benzene rings is 9. The van der Waals surface area contributed by atoms with Crippen LogP contribution in [-0.2, 0) is 0 Å². The highest BCUT2D eigenvalue weighted by Gasteiger charge is 2.24. The van der Waals surface area contributed by atoms with Gasteiger partial charge in [0.25, 0.3) is 0 Å². The Bertz CT molecular complexity index is 3850. The van der Waals surface area contributed by atoms with Gasteiger partial charge in [-0.3, -0.25) is 4.57 Å². The molecule has 9 aromatic carbocycles. The molecule has 294 valence electrons. The van der Waals surface area contributed by atoms with E-state index < -0.39 is 0 Å². The van der Waals surface area contributed by atoms with Crippen molar-refractivity contribution in [2.24, 2.45) is 0 Å². The summed E-state index contributed by atoms with van der Waals surface area (Å²) in [5, 5.41) is 6.79. The lowest BCUT2D eigenvalue weighted by molar-refractivity contribution is 0.666. The maximum Gasteiger partial charge on any atom is 0.238 e. The fraction of sp³-hybridized carbons (Fsp3) is 0. The third-order valence-corrected chi connectivity index (χ3v) is 12.4. The largest absolute Gasteiger partial charge is 0.454 e. The van der Waals surface area contributed by atoms with Crippen LogP contribution in [0.2, 0.25) is 0 Å². The predicted octanol–water partition coefficient (Wildman–Crippen LogP) is 14.6. The highest BCUT2D eigenvalue weighted by molar-refractivity contribution is 6.20. The molecule has 63 heavy (non-hydrogen) atoms. The maximum atomic E-state index is 6.62. The quantitative estimate of drug-likeness (QED) is 0.168. The number of furan rings is 1. The summed E-state index contributed by atoms with van der Waals surface area (Å²) in [6, 6.07) is 74.5. The third kappa shape index (κ3) is 5.48. The summed E-state index contributed by atoms with van der Waals surface area (Å²) in [6.07, 6.45) is 0. The van der Waals surface area contributed by atoms with E-state index >= 15 is 0 Å². The Kier molecular flexibility index (Phi) is 7.80. The van der Waals surface area contributed by atoms with Crippen LogP contribution in [0.25, 0.3) is 122 Å². The Labute approximate surface area is 361 Å². The van der Waals surface area contributed by atoms with Crippen molar-refractivity contribution in [1.82, 2.24) is 24.1 Å². The second-order valence-electron chi connectivity index (χ2n) is 16.0. The van der Waals surface area contributed by atoms with E-state index in [0.717, 1.165) is 99.2 Å². The minimum Gasteiger partial charge on any atom is -0.454 e. The third-order valence-electron chi connectivity index (χ3n) is 12.4. The van der Waals surface area contributed by atoms with Crippen LogP contribution in [0.4, 0.5) is 0 Å². The van der Waals surface area contributed by atoms with E-state index in [0.29, 0.717) is 17.6 Å². The van der Waals surface area contributed by atoms with Crippen molar-refractivity contribution in [3.63, 3.8) is 0 Å². The number of rotatable bonds is 6. The van der Waals surface area contributed by atoms with Crippen LogP contribution >= 0.6 is 0 Å². The summed E-state index contributed by atoms with van der Waals surface area (Å²) >= 11 is 0. The van der Waals surface area contributed by atoms with Gasteiger partial charge in [0.1, 0.15) is 5.58 Å². The van der Waals surface area contributed by atoms with Crippen molar-refractivity contribution >= 4 is 65.6 Å². The van der Waals surface area contributed by atoms with Crippen LogP contribution in [0.1, 0.15) is 0 Å². The van der Waals surface area contributed by atoms with Gasteiger partial charge in [0, 0.05) is 43.4 Å². The van der Waals surface area contributed by atoms with Crippen LogP contribution < -0.4 is 0 Å². The number of aromatic nitrogens is 5. The summed E-state index contributed by atoms with van der Waals surface area (Å²) < 4.78 is 11.2. The fourth-order valence-electron chi connectivity index (χ4n) is 9.63. The molecule has 0 fully saturated rings. The molecular weight excluding hydrogens is 771 g/mol. The summed E-state index contributed by atoms with van der Waals surface area (Å²) in [5.41, 5.74) is 13.4. The zero-order chi connectivity index (χ0) is 41.4. The first-order valence-corrected chi connectivity index (χ1v) is 21.2. The second kappa shape index (κ2) is 14.0. The normalized spacial score (nSPS) is 11.8. The lowest BCUT2D eigenvalue weighted by atomic mass is 9.90. The van der Waals surface area contributed by atoms with E-state index in [4.69, 9.17) is 19.4 Å². The van der Waals surface area contributed by atoms with Crippen molar-refractivity contribution in [1.29, 1.82) is 0 Å². The van der Waals surface area contributed by atoms with E-state index in [1.807, 2.05) is 72.8 Å². The zero-order valence-electron chi connectivity index (χ0n) is 33.9. The molecule has 0 radical (unpaired) electrons. The van der Waals surface area contributed by atoms with Crippen molar-refractivity contribution in [3.8, 4) is 56.7 Å². The average Bonchev–Trinajstić information content (AvgIpc) is 4.02. The van der Waals surface area contributed by atoms with Crippen molar-refractivity contribution in [2.75, 3.05) is 0 Å². The van der Waals surface area contributed by atoms with Crippen LogP contribution in [0, 0.1) is 0 Å². The molecule has 0 spiro atoms. The van der Waals surface area contributed by atoms with Crippen molar-refractivity contribution in [2.45, 2.75) is 0 Å². The molecule has 0 atom stereocenters. The summed E-state index contributed by atoms with van der Waals surface area (Å²) in [5.74, 6) is 1.80. The van der Waals surface area contributed by atoms with E-state index in [9.17, 15) is 0 Å². The first kappa shape index (κ1) is 35.2. The van der Waals surface area contributed by atoms with Crippen molar-refractivity contribution in [3.05, 3.63) is 212 Å². The molecule has 13 rings (SSSR count). The maximum absolute atomic E-state index is 6.62. The molecule has 6 heteroatoms. The molecule has 0 aliphatic rings. The number of fused-ring (bicyclic) bond motifs is 9. The van der Waals surface area contributed by atoms with Gasteiger partial charge in [-0.1, -0.05) is 170 Å². The minimum absolute atomic E-state index is 0.561. The van der Waals surface area contributed by atoms with Gasteiger partial charge in [0.05, 0.1) is 27.8 Å². The van der Waals surface area contributed by atoms with Gasteiger partial charge < -0.3 is 8.98 Å². The first-order chi connectivity index (χ1) is 31.3. The van der Waals surface area contributed by atoms with E-state index in [-0.39, 0.29) is 0 Å². The van der Waals surface area contributed by atoms with Gasteiger partial charge in [-0.15, -0.1) is 0 Å². The Morgan fingerprint density at radius 2 is 0.905 bits per heavy atom. The molecule has 13 aromatic rings. The van der Waals surface area contributed by atoms with E-state index in [2.05, 4.69) is 149 Å². The topological polar surface area (TPSA) is 61.7 Å². The molecule has 0 N–H and O–H groups in total. The lowest BCUT2D eigenvalue weighted by Crippen LogP contribution is -2.06. The molecule has 6 nitrogen and oxygen atoms in total. The van der Waals surface area contributed by atoms with Gasteiger partial charge >= 0.3 is 0 Å². The van der Waals surface area contributed by atoms with Crippen molar-refractivity contribution < 1.29 is 4.42 Å². The monoisotopic (exact) mass is 805 g/mol. The Balaban J connectivity index is 1.10. The summed E-state index contributed by atoms with van der Waals surface area (Å²) in [4.78, 5) is 15.5. The van der Waals surface area contributed by atoms with Crippen LogP contribution in [0.15, 0.2) is 217 Å². The Hall–Kier alpha value is -8.61. The van der Waals surface area contributed by atoms with Crippen LogP contribution in [-0.4, -0.2) is 24.1 Å². The molecule has 4 heterocycles. The molecule has 0 amide bonds. The molecular formula is C57H35N5O. The molecule has 4 aromatic heterocycles. The summed E-state index contributed by atoms with van der Waals surface area (Å²) in [7, 11) is 0. The van der Waals surface area contributed by atoms with Gasteiger partial charge in [0.15, 0.2) is 17.2 Å². The average molecular weight is 806 g/mol. The van der Waals surface area contributed by atoms with Gasteiger partial charge in [-0.2, -0.15) is 9.97 Å². The number of hydrogen-bond acceptors (Lipinski definition) is 4. The highest BCUT2D eigenvalue weighted by Crippen LogP contribution is 2.46. The second-order valence-corrected chi connectivity index (χ2v) is 16.0. The minimum atomic E-state index is 0.561. The molecule has 0 saturated heterocycles. The summed E-state index contributed by atoms with van der Waals surface area (Å²) in [6.45, 7) is 0. The molecule has 0 unspecified atom stereocenters. The Morgan fingerprint density at radius 3 is 1.62 bits per heavy atom. The van der Waals surface area contributed by atoms with Crippen LogP contribution in [0.5, 0.6) is 0 Å².